The van der Waals surface area contributed by atoms with Crippen molar-refractivity contribution < 1.29 is 0 Å². The Labute approximate surface area is 129 Å². The van der Waals surface area contributed by atoms with Crippen LogP contribution in [-0.2, 0) is 6.54 Å². The van der Waals surface area contributed by atoms with Crippen molar-refractivity contribution in [3.63, 3.8) is 0 Å². The SMILES string of the molecule is CN=C(NCC(C)Cn1cccn1)NC(C)CCC(C)C. The molecule has 21 heavy (non-hydrogen) atoms. The summed E-state index contributed by atoms with van der Waals surface area (Å²) in [6.07, 6.45) is 6.22. The van der Waals surface area contributed by atoms with Crippen molar-refractivity contribution >= 4 is 5.96 Å². The van der Waals surface area contributed by atoms with Crippen molar-refractivity contribution in [1.82, 2.24) is 20.4 Å². The Morgan fingerprint density at radius 1 is 1.24 bits per heavy atom. The number of hydrogen-bond acceptors (Lipinski definition) is 2. The molecule has 0 saturated heterocycles. The maximum absolute atomic E-state index is 4.30. The molecule has 1 aromatic heterocycles. The van der Waals surface area contributed by atoms with E-state index in [4.69, 9.17) is 0 Å². The van der Waals surface area contributed by atoms with Crippen LogP contribution in [0.4, 0.5) is 0 Å². The zero-order chi connectivity index (χ0) is 15.7. The monoisotopic (exact) mass is 293 g/mol. The van der Waals surface area contributed by atoms with Crippen LogP contribution in [-0.4, -0.2) is 35.4 Å². The minimum atomic E-state index is 0.444. The number of aliphatic imine (C=N–C) groups is 1. The first-order valence-electron chi connectivity index (χ1n) is 7.95. The summed E-state index contributed by atoms with van der Waals surface area (Å²) in [6, 6.07) is 2.40. The summed E-state index contributed by atoms with van der Waals surface area (Å²) in [5.74, 6) is 2.13. The van der Waals surface area contributed by atoms with Gasteiger partial charge in [-0.15, -0.1) is 0 Å². The van der Waals surface area contributed by atoms with Gasteiger partial charge in [-0.1, -0.05) is 20.8 Å². The fourth-order valence-electron chi connectivity index (χ4n) is 2.15. The van der Waals surface area contributed by atoms with Crippen molar-refractivity contribution in [2.24, 2.45) is 16.8 Å². The quantitative estimate of drug-likeness (QED) is 0.572. The van der Waals surface area contributed by atoms with Gasteiger partial charge >= 0.3 is 0 Å². The van der Waals surface area contributed by atoms with Crippen LogP contribution < -0.4 is 10.6 Å². The molecule has 0 aromatic carbocycles. The van der Waals surface area contributed by atoms with Gasteiger partial charge in [0, 0.05) is 38.6 Å². The second-order valence-electron chi connectivity index (χ2n) is 6.30. The molecule has 2 unspecified atom stereocenters. The Balaban J connectivity index is 2.27. The van der Waals surface area contributed by atoms with Crippen molar-refractivity contribution in [2.75, 3.05) is 13.6 Å². The first kappa shape index (κ1) is 17.5. The van der Waals surface area contributed by atoms with Crippen LogP contribution in [0.3, 0.4) is 0 Å². The minimum absolute atomic E-state index is 0.444. The predicted molar refractivity (Wildman–Crippen MR) is 89.4 cm³/mol. The molecule has 0 spiro atoms. The molecule has 0 aliphatic carbocycles. The summed E-state index contributed by atoms with van der Waals surface area (Å²) in [7, 11) is 1.82. The van der Waals surface area contributed by atoms with E-state index in [0.717, 1.165) is 25.0 Å². The van der Waals surface area contributed by atoms with Gasteiger partial charge in [0.05, 0.1) is 0 Å². The molecule has 0 amide bonds. The maximum atomic E-state index is 4.30. The summed E-state index contributed by atoms with van der Waals surface area (Å²) >= 11 is 0. The van der Waals surface area contributed by atoms with E-state index in [-0.39, 0.29) is 0 Å². The minimum Gasteiger partial charge on any atom is -0.356 e. The van der Waals surface area contributed by atoms with Crippen molar-refractivity contribution in [2.45, 2.75) is 53.1 Å². The highest BCUT2D eigenvalue weighted by atomic mass is 15.3. The highest BCUT2D eigenvalue weighted by Crippen LogP contribution is 2.06. The first-order chi connectivity index (χ1) is 10.0. The van der Waals surface area contributed by atoms with Crippen LogP contribution in [0.2, 0.25) is 0 Å². The van der Waals surface area contributed by atoms with Gasteiger partial charge in [-0.05, 0) is 37.7 Å². The third-order valence-electron chi connectivity index (χ3n) is 3.46. The normalized spacial score (nSPS) is 15.0. The number of aromatic nitrogens is 2. The van der Waals surface area contributed by atoms with Crippen LogP contribution in [0.15, 0.2) is 23.5 Å². The average molecular weight is 293 g/mol. The lowest BCUT2D eigenvalue weighted by molar-refractivity contribution is 0.439. The number of nitrogens with one attached hydrogen (secondary N) is 2. The molecule has 0 fully saturated rings. The number of guanidine groups is 1. The van der Waals surface area contributed by atoms with Crippen molar-refractivity contribution in [1.29, 1.82) is 0 Å². The van der Waals surface area contributed by atoms with Crippen LogP contribution >= 0.6 is 0 Å². The van der Waals surface area contributed by atoms with E-state index in [2.05, 4.69) is 48.4 Å². The van der Waals surface area contributed by atoms with Gasteiger partial charge in [-0.3, -0.25) is 9.67 Å². The molecule has 1 rings (SSSR count). The van der Waals surface area contributed by atoms with E-state index < -0.39 is 0 Å². The average Bonchev–Trinajstić information content (AvgIpc) is 2.93. The largest absolute Gasteiger partial charge is 0.356 e. The maximum Gasteiger partial charge on any atom is 0.191 e. The highest BCUT2D eigenvalue weighted by molar-refractivity contribution is 5.79. The molecule has 0 aliphatic heterocycles. The van der Waals surface area contributed by atoms with Gasteiger partial charge in [0.15, 0.2) is 5.96 Å². The molecule has 0 aliphatic rings. The number of hydrogen-bond donors (Lipinski definition) is 2. The van der Waals surface area contributed by atoms with Crippen LogP contribution in [0, 0.1) is 11.8 Å². The standard InChI is InChI=1S/C16H31N5/c1-13(2)7-8-15(4)20-16(17-5)18-11-14(3)12-21-10-6-9-19-21/h6,9-10,13-15H,7-8,11-12H2,1-5H3,(H2,17,18,20). The fourth-order valence-corrected chi connectivity index (χ4v) is 2.15. The fraction of sp³-hybridized carbons (Fsp3) is 0.750. The van der Waals surface area contributed by atoms with E-state index in [0.29, 0.717) is 12.0 Å². The van der Waals surface area contributed by atoms with E-state index in [1.54, 1.807) is 0 Å². The lowest BCUT2D eigenvalue weighted by Crippen LogP contribution is -2.44. The van der Waals surface area contributed by atoms with Crippen molar-refractivity contribution in [3.05, 3.63) is 18.5 Å². The predicted octanol–water partition coefficient (Wildman–Crippen LogP) is 2.51. The molecule has 1 aromatic rings. The molecular formula is C16H31N5. The van der Waals surface area contributed by atoms with Crippen molar-refractivity contribution in [3.8, 4) is 0 Å². The molecule has 0 radical (unpaired) electrons. The first-order valence-corrected chi connectivity index (χ1v) is 7.95. The smallest absolute Gasteiger partial charge is 0.191 e. The molecule has 5 heteroatoms. The molecule has 0 bridgehead atoms. The Hall–Kier alpha value is -1.52. The summed E-state index contributed by atoms with van der Waals surface area (Å²) in [5, 5.41) is 11.1. The van der Waals surface area contributed by atoms with Gasteiger partial charge < -0.3 is 10.6 Å². The molecule has 5 nitrogen and oxygen atoms in total. The topological polar surface area (TPSA) is 54.2 Å². The van der Waals surface area contributed by atoms with Gasteiger partial charge in [-0.2, -0.15) is 5.10 Å². The summed E-state index contributed by atoms with van der Waals surface area (Å²) in [6.45, 7) is 10.7. The highest BCUT2D eigenvalue weighted by Gasteiger charge is 2.08. The molecule has 2 N–H and O–H groups in total. The van der Waals surface area contributed by atoms with Crippen LogP contribution in [0.5, 0.6) is 0 Å². The van der Waals surface area contributed by atoms with Gasteiger partial charge in [0.2, 0.25) is 0 Å². The molecule has 120 valence electrons. The summed E-state index contributed by atoms with van der Waals surface area (Å²) in [5.41, 5.74) is 0. The third-order valence-corrected chi connectivity index (χ3v) is 3.46. The van der Waals surface area contributed by atoms with Gasteiger partial charge in [0.1, 0.15) is 0 Å². The van der Waals surface area contributed by atoms with E-state index >= 15 is 0 Å². The third kappa shape index (κ3) is 7.73. The second-order valence-corrected chi connectivity index (χ2v) is 6.30. The second kappa shape index (κ2) is 9.42. The number of rotatable bonds is 8. The van der Waals surface area contributed by atoms with Crippen LogP contribution in [0.1, 0.15) is 40.5 Å². The molecule has 2 atom stereocenters. The zero-order valence-corrected chi connectivity index (χ0v) is 14.1. The van der Waals surface area contributed by atoms with E-state index in [1.807, 2.05) is 30.2 Å². The Morgan fingerprint density at radius 3 is 2.57 bits per heavy atom. The Kier molecular flexibility index (Phi) is 7.87. The molecule has 1 heterocycles. The Bertz CT molecular complexity index is 397. The lowest BCUT2D eigenvalue weighted by Gasteiger charge is -2.20. The lowest BCUT2D eigenvalue weighted by atomic mass is 10.0. The molecular weight excluding hydrogens is 262 g/mol. The summed E-state index contributed by atoms with van der Waals surface area (Å²) < 4.78 is 1.97. The number of nitrogens with zero attached hydrogens (tertiary/aromatic N) is 3. The van der Waals surface area contributed by atoms with Crippen LogP contribution in [0.25, 0.3) is 0 Å². The van der Waals surface area contributed by atoms with Gasteiger partial charge in [0.25, 0.3) is 0 Å². The van der Waals surface area contributed by atoms with E-state index in [9.17, 15) is 0 Å². The zero-order valence-electron chi connectivity index (χ0n) is 14.1. The van der Waals surface area contributed by atoms with Gasteiger partial charge in [-0.25, -0.2) is 0 Å². The molecule has 0 saturated carbocycles. The Morgan fingerprint density at radius 2 is 2.00 bits per heavy atom. The summed E-state index contributed by atoms with van der Waals surface area (Å²) in [4.78, 5) is 4.30. The van der Waals surface area contributed by atoms with E-state index in [1.165, 1.54) is 12.8 Å².